The van der Waals surface area contributed by atoms with Gasteiger partial charge in [0.15, 0.2) is 0 Å². The molecule has 0 aliphatic rings. The molecular formula is C68H46N2. The summed E-state index contributed by atoms with van der Waals surface area (Å²) in [5, 5.41) is 7.53. The van der Waals surface area contributed by atoms with Crippen LogP contribution in [-0.4, -0.2) is 4.57 Å². The highest BCUT2D eigenvalue weighted by atomic mass is 15.1. The van der Waals surface area contributed by atoms with E-state index in [4.69, 9.17) is 0 Å². The van der Waals surface area contributed by atoms with Crippen LogP contribution < -0.4 is 4.90 Å². The predicted molar refractivity (Wildman–Crippen MR) is 298 cm³/mol. The van der Waals surface area contributed by atoms with Crippen LogP contribution >= 0.6 is 0 Å². The molecule has 0 aliphatic carbocycles. The van der Waals surface area contributed by atoms with Gasteiger partial charge in [-0.15, -0.1) is 0 Å². The SMILES string of the molecule is c1ccc(-n2c3ccccc3c3cc(-c4ccc(-c5ccc(-c6ccc(N(c7ccc(-c8cccc9ccccc89)cc7)c7ccc(-c8cccc9ccccc89)cc7)cc6)cc5)cc4)ccc32)cc1. The molecule has 0 saturated heterocycles. The Morgan fingerprint density at radius 2 is 0.586 bits per heavy atom. The van der Waals surface area contributed by atoms with Gasteiger partial charge in [-0.05, 0) is 144 Å². The van der Waals surface area contributed by atoms with Gasteiger partial charge in [0, 0.05) is 33.5 Å². The van der Waals surface area contributed by atoms with Crippen molar-refractivity contribution in [1.82, 2.24) is 4.57 Å². The molecule has 12 aromatic carbocycles. The van der Waals surface area contributed by atoms with Crippen LogP contribution in [0, 0.1) is 0 Å². The summed E-state index contributed by atoms with van der Waals surface area (Å²) in [5.41, 5.74) is 18.9. The van der Waals surface area contributed by atoms with Crippen LogP contribution in [0.2, 0.25) is 0 Å². The van der Waals surface area contributed by atoms with E-state index in [0.717, 1.165) is 17.1 Å². The largest absolute Gasteiger partial charge is 0.311 e. The summed E-state index contributed by atoms with van der Waals surface area (Å²) in [6.07, 6.45) is 0. The van der Waals surface area contributed by atoms with Gasteiger partial charge in [-0.3, -0.25) is 0 Å². The molecule has 328 valence electrons. The lowest BCUT2D eigenvalue weighted by Gasteiger charge is -2.26. The Kier molecular flexibility index (Phi) is 10.2. The summed E-state index contributed by atoms with van der Waals surface area (Å²) in [6, 6.07) is 101. The van der Waals surface area contributed by atoms with Gasteiger partial charge in [0.25, 0.3) is 0 Å². The summed E-state index contributed by atoms with van der Waals surface area (Å²) < 4.78 is 2.37. The third-order valence-electron chi connectivity index (χ3n) is 14.0. The van der Waals surface area contributed by atoms with Crippen molar-refractivity contribution in [2.24, 2.45) is 0 Å². The highest BCUT2D eigenvalue weighted by molar-refractivity contribution is 6.10. The maximum Gasteiger partial charge on any atom is 0.0541 e. The molecule has 0 aliphatic heterocycles. The maximum atomic E-state index is 2.37. The molecule has 0 fully saturated rings. The summed E-state index contributed by atoms with van der Waals surface area (Å²) in [7, 11) is 0. The van der Waals surface area contributed by atoms with Crippen LogP contribution in [0.1, 0.15) is 0 Å². The molecule has 0 saturated carbocycles. The number of fused-ring (bicyclic) bond motifs is 5. The molecule has 1 heterocycles. The Bertz CT molecular complexity index is 3870. The normalized spacial score (nSPS) is 11.4. The van der Waals surface area contributed by atoms with Gasteiger partial charge in [0.1, 0.15) is 0 Å². The molecular weight excluding hydrogens is 845 g/mol. The molecule has 2 heteroatoms. The fourth-order valence-corrected chi connectivity index (χ4v) is 10.5. The molecule has 0 N–H and O–H groups in total. The summed E-state index contributed by atoms with van der Waals surface area (Å²) in [6.45, 7) is 0. The maximum absolute atomic E-state index is 2.37. The van der Waals surface area contributed by atoms with Crippen LogP contribution in [0.3, 0.4) is 0 Å². The number of anilines is 3. The Morgan fingerprint density at radius 3 is 1.09 bits per heavy atom. The van der Waals surface area contributed by atoms with E-state index >= 15 is 0 Å². The summed E-state index contributed by atoms with van der Waals surface area (Å²) in [4.78, 5) is 2.36. The molecule has 0 amide bonds. The second-order valence-electron chi connectivity index (χ2n) is 18.1. The van der Waals surface area contributed by atoms with Crippen molar-refractivity contribution >= 4 is 60.4 Å². The van der Waals surface area contributed by atoms with Crippen molar-refractivity contribution in [3.8, 4) is 61.3 Å². The third kappa shape index (κ3) is 7.40. The minimum absolute atomic E-state index is 1.09. The zero-order valence-electron chi connectivity index (χ0n) is 38.5. The van der Waals surface area contributed by atoms with E-state index < -0.39 is 0 Å². The smallest absolute Gasteiger partial charge is 0.0541 e. The van der Waals surface area contributed by atoms with E-state index in [0.29, 0.717) is 0 Å². The van der Waals surface area contributed by atoms with Gasteiger partial charge < -0.3 is 9.47 Å². The van der Waals surface area contributed by atoms with Crippen molar-refractivity contribution < 1.29 is 0 Å². The van der Waals surface area contributed by atoms with E-state index in [1.54, 1.807) is 0 Å². The minimum atomic E-state index is 1.09. The molecule has 13 rings (SSSR count). The number of nitrogens with zero attached hydrogens (tertiary/aromatic N) is 2. The molecule has 0 unspecified atom stereocenters. The topological polar surface area (TPSA) is 8.17 Å². The average Bonchev–Trinajstić information content (AvgIpc) is 3.77. The Hall–Kier alpha value is -9.24. The number of benzene rings is 12. The van der Waals surface area contributed by atoms with Crippen molar-refractivity contribution in [3.05, 3.63) is 279 Å². The second kappa shape index (κ2) is 17.4. The molecule has 13 aromatic rings. The van der Waals surface area contributed by atoms with Crippen LogP contribution in [0.15, 0.2) is 279 Å². The third-order valence-corrected chi connectivity index (χ3v) is 14.0. The Balaban J connectivity index is 0.784. The molecule has 0 bridgehead atoms. The zero-order chi connectivity index (χ0) is 46.4. The predicted octanol–water partition coefficient (Wildman–Crippen LogP) is 18.9. The van der Waals surface area contributed by atoms with Crippen molar-refractivity contribution in [3.63, 3.8) is 0 Å². The number of para-hydroxylation sites is 2. The van der Waals surface area contributed by atoms with Crippen molar-refractivity contribution in [1.29, 1.82) is 0 Å². The monoisotopic (exact) mass is 890 g/mol. The minimum Gasteiger partial charge on any atom is -0.311 e. The summed E-state index contributed by atoms with van der Waals surface area (Å²) >= 11 is 0. The highest BCUT2D eigenvalue weighted by Gasteiger charge is 2.16. The van der Waals surface area contributed by atoms with E-state index in [1.807, 2.05) is 0 Å². The van der Waals surface area contributed by atoms with Crippen molar-refractivity contribution in [2.75, 3.05) is 4.90 Å². The molecule has 0 atom stereocenters. The number of hydrogen-bond donors (Lipinski definition) is 0. The lowest BCUT2D eigenvalue weighted by molar-refractivity contribution is 1.18. The first-order chi connectivity index (χ1) is 34.7. The van der Waals surface area contributed by atoms with Gasteiger partial charge >= 0.3 is 0 Å². The number of rotatable bonds is 9. The standard InChI is InChI=1S/C68H46N2/c1-2-16-57(17-3-1)70-67-23-9-8-20-65(67)66-46-56(38-45-68(66)70)51-30-28-48(29-31-51)47-24-26-49(27-25-47)50-32-39-58(40-33-50)69(59-41-34-54(35-42-59)63-21-10-14-52-12-4-6-18-61(52)63)60-43-36-55(37-44-60)64-22-11-15-53-13-5-7-19-62(53)64/h1-46H. The highest BCUT2D eigenvalue weighted by Crippen LogP contribution is 2.40. The number of hydrogen-bond acceptors (Lipinski definition) is 1. The van der Waals surface area contributed by atoms with Gasteiger partial charge in [-0.2, -0.15) is 0 Å². The van der Waals surface area contributed by atoms with E-state index in [1.165, 1.54) is 105 Å². The van der Waals surface area contributed by atoms with Gasteiger partial charge in [0.05, 0.1) is 11.0 Å². The molecule has 1 aromatic heterocycles. The fourth-order valence-electron chi connectivity index (χ4n) is 10.5. The fraction of sp³-hybridized carbons (Fsp3) is 0. The molecule has 0 spiro atoms. The van der Waals surface area contributed by atoms with Crippen LogP contribution in [0.25, 0.3) is 105 Å². The lowest BCUT2D eigenvalue weighted by Crippen LogP contribution is -2.09. The van der Waals surface area contributed by atoms with Crippen LogP contribution in [-0.2, 0) is 0 Å². The van der Waals surface area contributed by atoms with Crippen molar-refractivity contribution in [2.45, 2.75) is 0 Å². The Labute approximate surface area is 408 Å². The van der Waals surface area contributed by atoms with E-state index in [9.17, 15) is 0 Å². The van der Waals surface area contributed by atoms with Crippen LogP contribution in [0.5, 0.6) is 0 Å². The first-order valence-corrected chi connectivity index (χ1v) is 24.1. The first-order valence-electron chi connectivity index (χ1n) is 24.1. The number of aromatic nitrogens is 1. The molecule has 70 heavy (non-hydrogen) atoms. The van der Waals surface area contributed by atoms with Gasteiger partial charge in [-0.25, -0.2) is 0 Å². The second-order valence-corrected chi connectivity index (χ2v) is 18.1. The molecule has 0 radical (unpaired) electrons. The summed E-state index contributed by atoms with van der Waals surface area (Å²) in [5.74, 6) is 0. The lowest BCUT2D eigenvalue weighted by atomic mass is 9.97. The Morgan fingerprint density at radius 1 is 0.229 bits per heavy atom. The first kappa shape index (κ1) is 41.0. The van der Waals surface area contributed by atoms with Gasteiger partial charge in [-0.1, -0.05) is 212 Å². The molecule has 2 nitrogen and oxygen atoms in total. The van der Waals surface area contributed by atoms with E-state index in [-0.39, 0.29) is 0 Å². The van der Waals surface area contributed by atoms with Crippen LogP contribution in [0.4, 0.5) is 17.1 Å². The quantitative estimate of drug-likeness (QED) is 0.140. The van der Waals surface area contributed by atoms with Gasteiger partial charge in [0.2, 0.25) is 0 Å². The zero-order valence-corrected chi connectivity index (χ0v) is 38.5. The average molecular weight is 891 g/mol. The van der Waals surface area contributed by atoms with E-state index in [2.05, 4.69) is 289 Å².